The molecule has 0 fully saturated rings. The highest BCUT2D eigenvalue weighted by molar-refractivity contribution is 8.13. The van der Waals surface area contributed by atoms with E-state index in [1.807, 2.05) is 23.5 Å². The molecule has 0 N–H and O–H groups in total. The molecule has 22 heavy (non-hydrogen) atoms. The molecule has 4 heteroatoms. The number of hydrogen-bond acceptors (Lipinski definition) is 4. The van der Waals surface area contributed by atoms with Crippen molar-refractivity contribution in [2.24, 2.45) is 9.98 Å². The van der Waals surface area contributed by atoms with Crippen LogP contribution < -0.4 is 0 Å². The number of fused-ring (bicyclic) bond motifs is 2. The Morgan fingerprint density at radius 1 is 0.682 bits per heavy atom. The van der Waals surface area contributed by atoms with E-state index >= 15 is 0 Å². The summed E-state index contributed by atoms with van der Waals surface area (Å²) in [6.45, 7) is 0. The van der Waals surface area contributed by atoms with Gasteiger partial charge in [-0.3, -0.25) is 0 Å². The second kappa shape index (κ2) is 6.31. The summed E-state index contributed by atoms with van der Waals surface area (Å²) in [6, 6.07) is 16.9. The average molecular weight is 324 g/mol. The topological polar surface area (TPSA) is 24.7 Å². The van der Waals surface area contributed by atoms with E-state index in [2.05, 4.69) is 48.5 Å². The van der Waals surface area contributed by atoms with Crippen molar-refractivity contribution in [1.29, 1.82) is 0 Å². The van der Waals surface area contributed by atoms with Gasteiger partial charge in [0, 0.05) is 24.3 Å². The highest BCUT2D eigenvalue weighted by atomic mass is 32.2. The van der Waals surface area contributed by atoms with E-state index in [9.17, 15) is 0 Å². The van der Waals surface area contributed by atoms with Crippen LogP contribution in [0.5, 0.6) is 0 Å². The molecular formula is C18H16N2S2. The lowest BCUT2D eigenvalue weighted by Gasteiger charge is -2.17. The van der Waals surface area contributed by atoms with Crippen molar-refractivity contribution in [3.8, 4) is 0 Å². The van der Waals surface area contributed by atoms with Crippen molar-refractivity contribution in [1.82, 2.24) is 0 Å². The fourth-order valence-corrected chi connectivity index (χ4v) is 4.56. The zero-order chi connectivity index (χ0) is 14.8. The minimum Gasteiger partial charge on any atom is -0.246 e. The number of benzene rings is 2. The average Bonchev–Trinajstić information content (AvgIpc) is 2.59. The highest BCUT2D eigenvalue weighted by Gasteiger charge is 2.15. The van der Waals surface area contributed by atoms with E-state index in [4.69, 9.17) is 9.98 Å². The van der Waals surface area contributed by atoms with Gasteiger partial charge < -0.3 is 0 Å². The molecule has 2 aliphatic heterocycles. The van der Waals surface area contributed by atoms with Gasteiger partial charge in [0.1, 0.15) is 0 Å². The Balaban J connectivity index is 1.46. The Bertz CT molecular complexity index is 700. The van der Waals surface area contributed by atoms with E-state index in [-0.39, 0.29) is 0 Å². The largest absolute Gasteiger partial charge is 0.246 e. The number of para-hydroxylation sites is 2. The summed E-state index contributed by atoms with van der Waals surface area (Å²) in [5.74, 6) is 2.08. The van der Waals surface area contributed by atoms with Crippen LogP contribution in [0.25, 0.3) is 0 Å². The van der Waals surface area contributed by atoms with Crippen LogP contribution in [0.3, 0.4) is 0 Å². The number of thioether (sulfide) groups is 2. The van der Waals surface area contributed by atoms with E-state index in [1.54, 1.807) is 0 Å². The van der Waals surface area contributed by atoms with E-state index in [0.29, 0.717) is 0 Å². The van der Waals surface area contributed by atoms with Crippen LogP contribution in [-0.2, 0) is 11.5 Å². The van der Waals surface area contributed by atoms with Crippen molar-refractivity contribution in [3.63, 3.8) is 0 Å². The Labute approximate surface area is 139 Å². The first-order chi connectivity index (χ1) is 10.9. The summed E-state index contributed by atoms with van der Waals surface area (Å²) in [6.07, 6.45) is 1.99. The van der Waals surface area contributed by atoms with Gasteiger partial charge in [-0.1, -0.05) is 36.4 Å². The number of aliphatic imine (C=N–C) groups is 2. The van der Waals surface area contributed by atoms with Crippen LogP contribution in [-0.4, -0.2) is 10.1 Å². The number of rotatable bonds is 3. The monoisotopic (exact) mass is 324 g/mol. The van der Waals surface area contributed by atoms with Gasteiger partial charge in [-0.25, -0.2) is 9.98 Å². The predicted octanol–water partition coefficient (Wildman–Crippen LogP) is 5.72. The summed E-state index contributed by atoms with van der Waals surface area (Å²) in [7, 11) is 0. The van der Waals surface area contributed by atoms with Crippen LogP contribution in [0.2, 0.25) is 0 Å². The lowest BCUT2D eigenvalue weighted by atomic mass is 10.2. The summed E-state index contributed by atoms with van der Waals surface area (Å²) < 4.78 is 0. The molecule has 0 unspecified atom stereocenters. The molecule has 2 nitrogen and oxygen atoms in total. The predicted molar refractivity (Wildman–Crippen MR) is 98.9 cm³/mol. The first kappa shape index (κ1) is 14.1. The molecule has 0 aromatic heterocycles. The fourth-order valence-electron chi connectivity index (χ4n) is 2.61. The Kier molecular flexibility index (Phi) is 4.04. The molecule has 2 heterocycles. The fraction of sp³-hybridized carbons (Fsp3) is 0.222. The molecule has 0 saturated heterocycles. The summed E-state index contributed by atoms with van der Waals surface area (Å²) >= 11 is 3.73. The maximum absolute atomic E-state index is 4.79. The van der Waals surface area contributed by atoms with Gasteiger partial charge in [0.25, 0.3) is 0 Å². The van der Waals surface area contributed by atoms with Crippen LogP contribution in [0, 0.1) is 0 Å². The van der Waals surface area contributed by atoms with Crippen molar-refractivity contribution in [2.75, 3.05) is 0 Å². The molecule has 0 amide bonds. The van der Waals surface area contributed by atoms with Crippen LogP contribution in [0.1, 0.15) is 24.0 Å². The van der Waals surface area contributed by atoms with Crippen LogP contribution in [0.15, 0.2) is 58.5 Å². The molecule has 2 aromatic carbocycles. The van der Waals surface area contributed by atoms with E-state index in [1.165, 1.54) is 21.2 Å². The molecule has 0 spiro atoms. The molecule has 0 bridgehead atoms. The van der Waals surface area contributed by atoms with Crippen LogP contribution >= 0.6 is 23.5 Å². The van der Waals surface area contributed by atoms with Crippen molar-refractivity contribution < 1.29 is 0 Å². The SMILES string of the molecule is c1ccc2c(c1)CSC(CCC1=Nc3ccccc3CS1)=N2. The molecular weight excluding hydrogens is 308 g/mol. The third-order valence-corrected chi connectivity index (χ3v) is 5.98. The lowest BCUT2D eigenvalue weighted by molar-refractivity contribution is 1.16. The zero-order valence-corrected chi connectivity index (χ0v) is 13.8. The van der Waals surface area contributed by atoms with E-state index in [0.717, 1.165) is 35.7 Å². The summed E-state index contributed by atoms with van der Waals surface area (Å²) in [4.78, 5) is 9.58. The van der Waals surface area contributed by atoms with Gasteiger partial charge >= 0.3 is 0 Å². The highest BCUT2D eigenvalue weighted by Crippen LogP contribution is 2.35. The molecule has 0 atom stereocenters. The maximum Gasteiger partial charge on any atom is 0.0746 e. The van der Waals surface area contributed by atoms with Gasteiger partial charge in [-0.05, 0) is 23.3 Å². The van der Waals surface area contributed by atoms with Gasteiger partial charge in [0.2, 0.25) is 0 Å². The second-order valence-corrected chi connectivity index (χ2v) is 7.44. The minimum atomic E-state index is 0.993. The molecule has 2 aromatic rings. The van der Waals surface area contributed by atoms with E-state index < -0.39 is 0 Å². The molecule has 0 saturated carbocycles. The second-order valence-electron chi connectivity index (χ2n) is 5.35. The zero-order valence-electron chi connectivity index (χ0n) is 12.2. The summed E-state index contributed by atoms with van der Waals surface area (Å²) in [5.41, 5.74) is 4.96. The van der Waals surface area contributed by atoms with Gasteiger partial charge in [0.15, 0.2) is 0 Å². The van der Waals surface area contributed by atoms with Crippen molar-refractivity contribution in [2.45, 2.75) is 24.3 Å². The van der Waals surface area contributed by atoms with Crippen LogP contribution in [0.4, 0.5) is 11.4 Å². The standard InChI is InChI=1S/C18H16N2S2/c1-3-7-15-13(5-1)11-21-17(19-15)9-10-18-20-16-8-4-2-6-14(16)12-22-18/h1-8H,9-12H2. The van der Waals surface area contributed by atoms with Crippen molar-refractivity contribution >= 4 is 45.0 Å². The third kappa shape index (κ3) is 2.99. The smallest absolute Gasteiger partial charge is 0.0746 e. The third-order valence-electron chi connectivity index (χ3n) is 3.81. The Morgan fingerprint density at radius 3 is 1.64 bits per heavy atom. The lowest BCUT2D eigenvalue weighted by Crippen LogP contribution is -2.05. The molecule has 0 aliphatic carbocycles. The van der Waals surface area contributed by atoms with Gasteiger partial charge in [0.05, 0.1) is 21.5 Å². The maximum atomic E-state index is 4.79. The van der Waals surface area contributed by atoms with Gasteiger partial charge in [-0.2, -0.15) is 0 Å². The first-order valence-corrected chi connectivity index (χ1v) is 9.42. The quantitative estimate of drug-likeness (QED) is 0.721. The summed E-state index contributed by atoms with van der Waals surface area (Å²) in [5, 5.41) is 2.47. The number of nitrogens with zero attached hydrogens (tertiary/aromatic N) is 2. The number of hydrogen-bond donors (Lipinski definition) is 0. The minimum absolute atomic E-state index is 0.993. The normalized spacial score (nSPS) is 16.4. The molecule has 4 rings (SSSR count). The first-order valence-electron chi connectivity index (χ1n) is 7.45. The van der Waals surface area contributed by atoms with Gasteiger partial charge in [-0.15, -0.1) is 23.5 Å². The molecule has 0 radical (unpaired) electrons. The Hall–Kier alpha value is -1.52. The molecule has 110 valence electrons. The molecule has 2 aliphatic rings. The van der Waals surface area contributed by atoms with Crippen molar-refractivity contribution in [3.05, 3.63) is 59.7 Å². The Morgan fingerprint density at radius 2 is 1.14 bits per heavy atom.